The van der Waals surface area contributed by atoms with Gasteiger partial charge in [0.1, 0.15) is 11.9 Å². The lowest BCUT2D eigenvalue weighted by molar-refractivity contribution is -0.119. The summed E-state index contributed by atoms with van der Waals surface area (Å²) in [7, 11) is 0. The lowest BCUT2D eigenvalue weighted by Gasteiger charge is -2.58. The van der Waals surface area contributed by atoms with Crippen molar-refractivity contribution >= 4 is 0 Å². The highest BCUT2D eigenvalue weighted by molar-refractivity contribution is 5.14. The van der Waals surface area contributed by atoms with Crippen LogP contribution in [0.1, 0.15) is 44.9 Å². The van der Waals surface area contributed by atoms with Crippen molar-refractivity contribution in [2.75, 3.05) is 6.61 Å². The summed E-state index contributed by atoms with van der Waals surface area (Å²) in [4.78, 5) is 0. The Balaban J connectivity index is 1.63. The molecule has 1 atom stereocenters. The molecule has 17 heavy (non-hydrogen) atoms. The fourth-order valence-electron chi connectivity index (χ4n) is 5.44. The zero-order valence-corrected chi connectivity index (χ0v) is 10.4. The molecule has 0 amide bonds. The molecule has 5 aliphatic rings. The molecule has 1 N–H and O–H groups in total. The molecule has 4 fully saturated rings. The molecule has 1 aliphatic heterocycles. The van der Waals surface area contributed by atoms with Gasteiger partial charge in [-0.15, -0.1) is 0 Å². The van der Waals surface area contributed by atoms with Crippen molar-refractivity contribution in [2.45, 2.75) is 51.0 Å². The predicted octanol–water partition coefficient (Wildman–Crippen LogP) is 2.87. The number of rotatable bonds is 2. The Morgan fingerprint density at radius 3 is 2.18 bits per heavy atom. The summed E-state index contributed by atoms with van der Waals surface area (Å²) in [6.45, 7) is 0.777. The maximum absolute atomic E-state index is 10.7. The first-order valence-corrected chi connectivity index (χ1v) is 7.26. The highest BCUT2D eigenvalue weighted by atomic mass is 16.5. The molecule has 5 rings (SSSR count). The van der Waals surface area contributed by atoms with Gasteiger partial charge in [-0.25, -0.2) is 0 Å². The Kier molecular flexibility index (Phi) is 2.15. The Bertz CT molecular complexity index is 323. The molecule has 2 nitrogen and oxygen atoms in total. The zero-order valence-electron chi connectivity index (χ0n) is 10.4. The standard InChI is InChI=1S/C15H22O2/c16-14(13-2-1-3-17-13)15-7-10-4-11(8-15)6-12(5-10)9-15/h2,10-12,14,16H,1,3-9H2. The van der Waals surface area contributed by atoms with Crippen LogP contribution in [0.5, 0.6) is 0 Å². The summed E-state index contributed by atoms with van der Waals surface area (Å²) >= 11 is 0. The van der Waals surface area contributed by atoms with Crippen molar-refractivity contribution in [3.05, 3.63) is 11.8 Å². The van der Waals surface area contributed by atoms with Gasteiger partial charge in [0.25, 0.3) is 0 Å². The van der Waals surface area contributed by atoms with Crippen molar-refractivity contribution in [3.63, 3.8) is 0 Å². The minimum atomic E-state index is -0.307. The summed E-state index contributed by atoms with van der Waals surface area (Å²) < 4.78 is 5.62. The highest BCUT2D eigenvalue weighted by Crippen LogP contribution is 2.62. The van der Waals surface area contributed by atoms with Gasteiger partial charge >= 0.3 is 0 Å². The van der Waals surface area contributed by atoms with Crippen molar-refractivity contribution < 1.29 is 9.84 Å². The largest absolute Gasteiger partial charge is 0.495 e. The van der Waals surface area contributed by atoms with E-state index >= 15 is 0 Å². The van der Waals surface area contributed by atoms with Crippen molar-refractivity contribution in [1.82, 2.24) is 0 Å². The first-order valence-electron chi connectivity index (χ1n) is 7.26. The van der Waals surface area contributed by atoms with E-state index in [0.717, 1.165) is 36.5 Å². The summed E-state index contributed by atoms with van der Waals surface area (Å²) in [6, 6.07) is 0. The van der Waals surface area contributed by atoms with E-state index in [1.807, 2.05) is 0 Å². The van der Waals surface area contributed by atoms with E-state index in [9.17, 15) is 5.11 Å². The summed E-state index contributed by atoms with van der Waals surface area (Å²) in [5, 5.41) is 10.7. The third-order valence-electron chi connectivity index (χ3n) is 5.67. The van der Waals surface area contributed by atoms with Gasteiger partial charge in [-0.05, 0) is 62.4 Å². The Morgan fingerprint density at radius 1 is 1.12 bits per heavy atom. The highest BCUT2D eigenvalue weighted by Gasteiger charge is 2.55. The van der Waals surface area contributed by atoms with Crippen LogP contribution in [-0.4, -0.2) is 17.8 Å². The normalized spacial score (nSPS) is 49.0. The molecule has 4 saturated carbocycles. The van der Waals surface area contributed by atoms with Crippen LogP contribution in [0.4, 0.5) is 0 Å². The molecule has 4 bridgehead atoms. The Morgan fingerprint density at radius 2 is 1.71 bits per heavy atom. The third kappa shape index (κ3) is 1.49. The second-order valence-corrected chi connectivity index (χ2v) is 6.93. The van der Waals surface area contributed by atoms with E-state index in [1.165, 1.54) is 38.5 Å². The van der Waals surface area contributed by atoms with E-state index in [1.54, 1.807) is 0 Å². The van der Waals surface area contributed by atoms with E-state index in [4.69, 9.17) is 4.74 Å². The molecular formula is C15H22O2. The smallest absolute Gasteiger partial charge is 0.121 e. The first-order chi connectivity index (χ1) is 8.25. The SMILES string of the molecule is OC(C1=CCCO1)C12CC3CC(CC(C3)C1)C2. The molecule has 0 saturated heterocycles. The molecular weight excluding hydrogens is 212 g/mol. The van der Waals surface area contributed by atoms with Crippen LogP contribution in [0, 0.1) is 23.2 Å². The van der Waals surface area contributed by atoms with Crippen molar-refractivity contribution in [2.24, 2.45) is 23.2 Å². The quantitative estimate of drug-likeness (QED) is 0.796. The number of aliphatic hydroxyl groups is 1. The molecule has 0 radical (unpaired) electrons. The van der Waals surface area contributed by atoms with Crippen molar-refractivity contribution in [3.8, 4) is 0 Å². The van der Waals surface area contributed by atoms with Crippen molar-refractivity contribution in [1.29, 1.82) is 0 Å². The van der Waals surface area contributed by atoms with E-state index in [2.05, 4.69) is 6.08 Å². The Labute approximate surface area is 103 Å². The maximum atomic E-state index is 10.7. The molecule has 0 aromatic carbocycles. The van der Waals surface area contributed by atoms with Gasteiger partial charge in [-0.1, -0.05) is 0 Å². The molecule has 1 unspecified atom stereocenters. The van der Waals surface area contributed by atoms with Gasteiger partial charge < -0.3 is 9.84 Å². The third-order valence-corrected chi connectivity index (χ3v) is 5.67. The van der Waals surface area contributed by atoms with Gasteiger partial charge in [0.05, 0.1) is 6.61 Å². The molecule has 2 heteroatoms. The van der Waals surface area contributed by atoms with Crippen LogP contribution in [0.25, 0.3) is 0 Å². The van der Waals surface area contributed by atoms with Gasteiger partial charge in [-0.2, -0.15) is 0 Å². The molecule has 0 spiro atoms. The molecule has 0 aromatic rings. The molecule has 94 valence electrons. The van der Waals surface area contributed by atoms with Crippen LogP contribution in [0.2, 0.25) is 0 Å². The van der Waals surface area contributed by atoms with Crippen LogP contribution >= 0.6 is 0 Å². The first kappa shape index (κ1) is 10.4. The summed E-state index contributed by atoms with van der Waals surface area (Å²) in [5.74, 6) is 3.60. The monoisotopic (exact) mass is 234 g/mol. The lowest BCUT2D eigenvalue weighted by Crippen LogP contribution is -2.52. The van der Waals surface area contributed by atoms with E-state index < -0.39 is 0 Å². The van der Waals surface area contributed by atoms with Gasteiger partial charge in [0, 0.05) is 11.8 Å². The summed E-state index contributed by atoms with van der Waals surface area (Å²) in [5.41, 5.74) is 0.185. The van der Waals surface area contributed by atoms with Gasteiger partial charge in [-0.3, -0.25) is 0 Å². The second kappa shape index (κ2) is 3.50. The number of aliphatic hydroxyl groups excluding tert-OH is 1. The molecule has 0 aromatic heterocycles. The van der Waals surface area contributed by atoms with Crippen LogP contribution in [-0.2, 0) is 4.74 Å². The molecule has 1 heterocycles. The Hall–Kier alpha value is -0.500. The minimum Gasteiger partial charge on any atom is -0.495 e. The zero-order chi connectivity index (χ0) is 11.5. The second-order valence-electron chi connectivity index (χ2n) is 6.93. The number of hydrogen-bond donors (Lipinski definition) is 1. The van der Waals surface area contributed by atoms with Gasteiger partial charge in [0.15, 0.2) is 0 Å². The molecule has 4 aliphatic carbocycles. The van der Waals surface area contributed by atoms with Crippen LogP contribution in [0.3, 0.4) is 0 Å². The maximum Gasteiger partial charge on any atom is 0.121 e. The minimum absolute atomic E-state index is 0.185. The average molecular weight is 234 g/mol. The van der Waals surface area contributed by atoms with E-state index in [0.29, 0.717) is 0 Å². The number of hydrogen-bond acceptors (Lipinski definition) is 2. The van der Waals surface area contributed by atoms with Crippen LogP contribution < -0.4 is 0 Å². The summed E-state index contributed by atoms with van der Waals surface area (Å²) in [6.07, 6.45) is 10.9. The predicted molar refractivity (Wildman–Crippen MR) is 65.3 cm³/mol. The fourth-order valence-corrected chi connectivity index (χ4v) is 5.44. The van der Waals surface area contributed by atoms with E-state index in [-0.39, 0.29) is 11.5 Å². The lowest BCUT2D eigenvalue weighted by atomic mass is 9.48. The topological polar surface area (TPSA) is 29.5 Å². The van der Waals surface area contributed by atoms with Crippen LogP contribution in [0.15, 0.2) is 11.8 Å². The number of ether oxygens (including phenoxy) is 1. The average Bonchev–Trinajstić information content (AvgIpc) is 2.79. The fraction of sp³-hybridized carbons (Fsp3) is 0.867. The van der Waals surface area contributed by atoms with Gasteiger partial charge in [0.2, 0.25) is 0 Å².